The second kappa shape index (κ2) is 12.5. The molecule has 1 saturated heterocycles. The van der Waals surface area contributed by atoms with Crippen LogP contribution in [0.25, 0.3) is 11.6 Å². The highest BCUT2D eigenvalue weighted by molar-refractivity contribution is 6.05. The van der Waals surface area contributed by atoms with Gasteiger partial charge in [0, 0.05) is 43.8 Å². The average molecular weight is 522 g/mol. The van der Waals surface area contributed by atoms with Crippen molar-refractivity contribution < 1.29 is 18.7 Å². The summed E-state index contributed by atoms with van der Waals surface area (Å²) in [7, 11) is 1.86. The molecule has 0 spiro atoms. The zero-order chi connectivity index (χ0) is 27.1. The number of nitrogens with zero attached hydrogens (tertiary/aromatic N) is 5. The molecule has 1 aliphatic rings. The smallest absolute Gasteiger partial charge is 0.257 e. The molecule has 1 aliphatic heterocycles. The van der Waals surface area contributed by atoms with Gasteiger partial charge in [0.25, 0.3) is 5.91 Å². The van der Waals surface area contributed by atoms with E-state index in [0.29, 0.717) is 26.3 Å². The molecule has 3 aromatic heterocycles. The molecular formula is C27H32FN7O3. The SMILES string of the molecule is CCC/C(=C\c1cc(C(=O)Nc2cc(NC(=O)CN3CCOCC3)cnc2F)cnc1C)c1cnn(C)c1. The van der Waals surface area contributed by atoms with E-state index in [2.05, 4.69) is 32.6 Å². The van der Waals surface area contributed by atoms with Crippen LogP contribution < -0.4 is 10.6 Å². The number of carbonyl (C=O) groups excluding carboxylic acids is 2. The summed E-state index contributed by atoms with van der Waals surface area (Å²) in [5.41, 5.74) is 4.04. The van der Waals surface area contributed by atoms with Gasteiger partial charge in [-0.15, -0.1) is 0 Å². The van der Waals surface area contributed by atoms with Crippen LogP contribution in [-0.4, -0.2) is 69.3 Å². The number of morpholine rings is 1. The second-order valence-corrected chi connectivity index (χ2v) is 9.17. The zero-order valence-electron chi connectivity index (χ0n) is 21.8. The second-order valence-electron chi connectivity index (χ2n) is 9.17. The minimum Gasteiger partial charge on any atom is -0.379 e. The van der Waals surface area contributed by atoms with Gasteiger partial charge in [-0.1, -0.05) is 13.3 Å². The van der Waals surface area contributed by atoms with Crippen molar-refractivity contribution >= 4 is 34.8 Å². The first kappa shape index (κ1) is 27.1. The summed E-state index contributed by atoms with van der Waals surface area (Å²) in [6.45, 7) is 6.65. The van der Waals surface area contributed by atoms with E-state index < -0.39 is 11.9 Å². The Morgan fingerprint density at radius 1 is 1.11 bits per heavy atom. The largest absolute Gasteiger partial charge is 0.379 e. The number of allylic oxidation sites excluding steroid dienone is 1. The maximum absolute atomic E-state index is 14.5. The van der Waals surface area contributed by atoms with Crippen LogP contribution in [0.15, 0.2) is 36.9 Å². The van der Waals surface area contributed by atoms with Crippen molar-refractivity contribution in [3.63, 3.8) is 0 Å². The summed E-state index contributed by atoms with van der Waals surface area (Å²) in [5.74, 6) is -1.65. The number of rotatable bonds is 9. The van der Waals surface area contributed by atoms with Crippen molar-refractivity contribution in [2.75, 3.05) is 43.5 Å². The Morgan fingerprint density at radius 2 is 1.89 bits per heavy atom. The first-order chi connectivity index (χ1) is 18.3. The van der Waals surface area contributed by atoms with Crippen LogP contribution in [0.3, 0.4) is 0 Å². The number of hydrogen-bond acceptors (Lipinski definition) is 7. The number of aromatic nitrogens is 4. The van der Waals surface area contributed by atoms with E-state index in [1.807, 2.05) is 37.3 Å². The normalized spacial score (nSPS) is 14.4. The molecule has 0 aromatic carbocycles. The van der Waals surface area contributed by atoms with Crippen LogP contribution >= 0.6 is 0 Å². The fraction of sp³-hybridized carbons (Fsp3) is 0.370. The average Bonchev–Trinajstić information content (AvgIpc) is 3.33. The molecule has 3 aromatic rings. The monoisotopic (exact) mass is 521 g/mol. The Morgan fingerprint density at radius 3 is 2.61 bits per heavy atom. The molecule has 0 bridgehead atoms. The molecule has 2 N–H and O–H groups in total. The third kappa shape index (κ3) is 7.08. The molecule has 2 amide bonds. The van der Waals surface area contributed by atoms with Crippen LogP contribution in [0.4, 0.5) is 15.8 Å². The number of hydrogen-bond donors (Lipinski definition) is 2. The van der Waals surface area contributed by atoms with E-state index in [0.717, 1.165) is 35.2 Å². The van der Waals surface area contributed by atoms with Gasteiger partial charge in [0.2, 0.25) is 11.9 Å². The number of anilines is 2. The van der Waals surface area contributed by atoms with Crippen LogP contribution in [0.5, 0.6) is 0 Å². The zero-order valence-corrected chi connectivity index (χ0v) is 21.8. The first-order valence-electron chi connectivity index (χ1n) is 12.6. The van der Waals surface area contributed by atoms with Crippen molar-refractivity contribution in [3.8, 4) is 0 Å². The third-order valence-electron chi connectivity index (χ3n) is 6.15. The number of nitrogens with one attached hydrogen (secondary N) is 2. The van der Waals surface area contributed by atoms with E-state index >= 15 is 0 Å². The number of aryl methyl sites for hydroxylation is 2. The Kier molecular flexibility index (Phi) is 8.93. The lowest BCUT2D eigenvalue weighted by molar-refractivity contribution is -0.118. The van der Waals surface area contributed by atoms with E-state index in [9.17, 15) is 14.0 Å². The first-order valence-corrected chi connectivity index (χ1v) is 12.6. The molecule has 4 heterocycles. The molecule has 4 rings (SSSR count). The quantitative estimate of drug-likeness (QED) is 0.414. The summed E-state index contributed by atoms with van der Waals surface area (Å²) >= 11 is 0. The van der Waals surface area contributed by atoms with E-state index in [1.165, 1.54) is 18.5 Å². The highest BCUT2D eigenvalue weighted by atomic mass is 19.1. The van der Waals surface area contributed by atoms with Crippen LogP contribution in [0, 0.1) is 12.9 Å². The number of amides is 2. The fourth-order valence-corrected chi connectivity index (χ4v) is 4.13. The van der Waals surface area contributed by atoms with Crippen LogP contribution in [-0.2, 0) is 16.6 Å². The molecular weight excluding hydrogens is 489 g/mol. The van der Waals surface area contributed by atoms with E-state index in [1.54, 1.807) is 10.7 Å². The van der Waals surface area contributed by atoms with Crippen molar-refractivity contribution in [3.05, 3.63) is 65.3 Å². The standard InChI is InChI=1S/C27H32FN7O3/c1-4-5-19(22-14-31-34(3)16-22)10-20-11-21(13-29-18(20)2)27(37)33-24-12-23(15-30-26(24)28)32-25(36)17-35-6-8-38-9-7-35/h10-16H,4-9,17H2,1-3H3,(H,32,36)(H,33,37)/b19-10+. The molecule has 38 heavy (non-hydrogen) atoms. The lowest BCUT2D eigenvalue weighted by Crippen LogP contribution is -2.41. The van der Waals surface area contributed by atoms with Crippen molar-refractivity contribution in [2.45, 2.75) is 26.7 Å². The lowest BCUT2D eigenvalue weighted by Gasteiger charge is -2.25. The highest BCUT2D eigenvalue weighted by Gasteiger charge is 2.17. The van der Waals surface area contributed by atoms with Crippen molar-refractivity contribution in [2.24, 2.45) is 7.05 Å². The molecule has 200 valence electrons. The van der Waals surface area contributed by atoms with Crippen LogP contribution in [0.2, 0.25) is 0 Å². The predicted octanol–water partition coefficient (Wildman–Crippen LogP) is 3.52. The summed E-state index contributed by atoms with van der Waals surface area (Å²) in [6, 6.07) is 3.07. The van der Waals surface area contributed by atoms with Gasteiger partial charge in [-0.25, -0.2) is 4.98 Å². The fourth-order valence-electron chi connectivity index (χ4n) is 4.13. The molecule has 10 nitrogen and oxygen atoms in total. The van der Waals surface area contributed by atoms with Gasteiger partial charge in [0.15, 0.2) is 0 Å². The van der Waals surface area contributed by atoms with E-state index in [-0.39, 0.29) is 29.4 Å². The van der Waals surface area contributed by atoms with Crippen molar-refractivity contribution in [1.82, 2.24) is 24.6 Å². The third-order valence-corrected chi connectivity index (χ3v) is 6.15. The Bertz CT molecular complexity index is 1330. The van der Waals surface area contributed by atoms with Gasteiger partial charge in [-0.3, -0.25) is 24.2 Å². The maximum Gasteiger partial charge on any atom is 0.257 e. The van der Waals surface area contributed by atoms with E-state index in [4.69, 9.17) is 4.74 Å². The summed E-state index contributed by atoms with van der Waals surface area (Å²) in [6.07, 6.45) is 10.2. The molecule has 0 radical (unpaired) electrons. The van der Waals surface area contributed by atoms with Gasteiger partial charge >= 0.3 is 0 Å². The number of pyridine rings is 2. The highest BCUT2D eigenvalue weighted by Crippen LogP contribution is 2.25. The Balaban J connectivity index is 1.49. The van der Waals surface area contributed by atoms with Gasteiger partial charge in [0.1, 0.15) is 0 Å². The number of carbonyl (C=O) groups is 2. The molecule has 0 unspecified atom stereocenters. The predicted molar refractivity (Wildman–Crippen MR) is 143 cm³/mol. The number of ether oxygens (including phenoxy) is 1. The lowest BCUT2D eigenvalue weighted by atomic mass is 10.00. The summed E-state index contributed by atoms with van der Waals surface area (Å²) < 4.78 is 21.5. The van der Waals surface area contributed by atoms with Gasteiger partial charge in [0.05, 0.1) is 49.1 Å². The van der Waals surface area contributed by atoms with Gasteiger partial charge in [-0.05, 0) is 42.7 Å². The minimum atomic E-state index is -0.855. The van der Waals surface area contributed by atoms with Gasteiger partial charge in [-0.2, -0.15) is 9.49 Å². The Labute approximate surface area is 220 Å². The number of halogens is 1. The minimum absolute atomic E-state index is 0.140. The van der Waals surface area contributed by atoms with Gasteiger partial charge < -0.3 is 15.4 Å². The summed E-state index contributed by atoms with van der Waals surface area (Å²) in [5, 5.41) is 9.52. The summed E-state index contributed by atoms with van der Waals surface area (Å²) in [4.78, 5) is 35.5. The van der Waals surface area contributed by atoms with Crippen LogP contribution in [0.1, 0.15) is 46.9 Å². The Hall–Kier alpha value is -3.96. The topological polar surface area (TPSA) is 114 Å². The molecule has 0 aliphatic carbocycles. The maximum atomic E-state index is 14.5. The molecule has 11 heteroatoms. The molecule has 0 saturated carbocycles. The van der Waals surface area contributed by atoms with Crippen molar-refractivity contribution in [1.29, 1.82) is 0 Å². The molecule has 1 fully saturated rings. The molecule has 0 atom stereocenters.